The highest BCUT2D eigenvalue weighted by molar-refractivity contribution is 6.33. The lowest BCUT2D eigenvalue weighted by Crippen LogP contribution is -2.16. The van der Waals surface area contributed by atoms with Crippen molar-refractivity contribution in [3.63, 3.8) is 0 Å². The van der Waals surface area contributed by atoms with E-state index in [0.29, 0.717) is 11.6 Å². The van der Waals surface area contributed by atoms with Crippen molar-refractivity contribution in [2.45, 2.75) is 13.5 Å². The lowest BCUT2D eigenvalue weighted by molar-refractivity contribution is 0.390. The van der Waals surface area contributed by atoms with Gasteiger partial charge in [0.25, 0.3) is 0 Å². The lowest BCUT2D eigenvalue weighted by Gasteiger charge is -2.18. The maximum Gasteiger partial charge on any atom is 0.133 e. The van der Waals surface area contributed by atoms with Gasteiger partial charge in [0.1, 0.15) is 11.5 Å². The predicted octanol–water partition coefficient (Wildman–Crippen LogP) is 2.67. The maximum atomic E-state index is 6.04. The smallest absolute Gasteiger partial charge is 0.133 e. The Hall–Kier alpha value is -1.55. The Morgan fingerprint density at radius 3 is 2.94 bits per heavy atom. The number of hydrogen-bond acceptors (Lipinski definition) is 4. The van der Waals surface area contributed by atoms with Crippen LogP contribution in [0.2, 0.25) is 5.02 Å². The van der Waals surface area contributed by atoms with Crippen molar-refractivity contribution in [3.05, 3.63) is 41.0 Å². The summed E-state index contributed by atoms with van der Waals surface area (Å²) >= 11 is 6.04. The Bertz CT molecular complexity index is 484. The Balaban J connectivity index is 2.14. The van der Waals surface area contributed by atoms with Crippen molar-refractivity contribution in [1.29, 1.82) is 0 Å². The van der Waals surface area contributed by atoms with Crippen molar-refractivity contribution < 1.29 is 4.52 Å². The quantitative estimate of drug-likeness (QED) is 0.823. The number of aryl methyl sites for hydroxylation is 1. The molecule has 0 radical (unpaired) electrons. The van der Waals surface area contributed by atoms with E-state index in [1.807, 2.05) is 31.0 Å². The van der Waals surface area contributed by atoms with Gasteiger partial charge >= 0.3 is 0 Å². The first-order valence-electron chi connectivity index (χ1n) is 4.89. The van der Waals surface area contributed by atoms with Crippen LogP contribution < -0.4 is 4.90 Å². The molecule has 2 aromatic rings. The van der Waals surface area contributed by atoms with Crippen LogP contribution in [-0.2, 0) is 6.54 Å². The fraction of sp³-hybridized carbons (Fsp3) is 0.273. The third kappa shape index (κ3) is 2.33. The highest BCUT2D eigenvalue weighted by Gasteiger charge is 2.08. The zero-order valence-electron chi connectivity index (χ0n) is 9.14. The third-order valence-corrected chi connectivity index (χ3v) is 2.53. The Kier molecular flexibility index (Phi) is 3.10. The van der Waals surface area contributed by atoms with Gasteiger partial charge in [0.15, 0.2) is 0 Å². The number of nitrogens with zero attached hydrogens (tertiary/aromatic N) is 3. The van der Waals surface area contributed by atoms with Crippen LogP contribution in [0.25, 0.3) is 0 Å². The van der Waals surface area contributed by atoms with Gasteiger partial charge in [-0.3, -0.25) is 4.98 Å². The summed E-state index contributed by atoms with van der Waals surface area (Å²) in [4.78, 5) is 5.95. The first-order chi connectivity index (χ1) is 7.66. The van der Waals surface area contributed by atoms with Gasteiger partial charge in [-0.05, 0) is 13.0 Å². The van der Waals surface area contributed by atoms with Crippen LogP contribution in [0.5, 0.6) is 0 Å². The van der Waals surface area contributed by atoms with E-state index in [9.17, 15) is 0 Å². The molecule has 0 spiro atoms. The Labute approximate surface area is 98.8 Å². The van der Waals surface area contributed by atoms with Crippen molar-refractivity contribution in [2.24, 2.45) is 0 Å². The number of rotatable bonds is 3. The topological polar surface area (TPSA) is 42.2 Å². The van der Waals surface area contributed by atoms with Gasteiger partial charge in [-0.1, -0.05) is 16.8 Å². The number of anilines is 1. The Morgan fingerprint density at radius 1 is 1.50 bits per heavy atom. The molecule has 2 aromatic heterocycles. The molecule has 4 nitrogen and oxygen atoms in total. The first-order valence-corrected chi connectivity index (χ1v) is 5.27. The summed E-state index contributed by atoms with van der Waals surface area (Å²) in [7, 11) is 1.95. The summed E-state index contributed by atoms with van der Waals surface area (Å²) in [5.41, 5.74) is 1.81. The van der Waals surface area contributed by atoms with Gasteiger partial charge < -0.3 is 9.42 Å². The molecule has 2 rings (SSSR count). The second-order valence-electron chi connectivity index (χ2n) is 3.61. The van der Waals surface area contributed by atoms with Crippen LogP contribution in [0, 0.1) is 6.92 Å². The van der Waals surface area contributed by atoms with Crippen molar-refractivity contribution in [2.75, 3.05) is 11.9 Å². The molecule has 84 valence electrons. The SMILES string of the molecule is Cc1cc(CN(C)c2ccncc2Cl)no1. The molecule has 0 bridgehead atoms. The molecule has 0 aliphatic carbocycles. The molecule has 0 N–H and O–H groups in total. The molecule has 0 saturated carbocycles. The van der Waals surface area contributed by atoms with Gasteiger partial charge in [0.05, 0.1) is 17.3 Å². The fourth-order valence-electron chi connectivity index (χ4n) is 1.50. The average Bonchev–Trinajstić information content (AvgIpc) is 2.64. The van der Waals surface area contributed by atoms with Crippen LogP contribution in [0.4, 0.5) is 5.69 Å². The largest absolute Gasteiger partial charge is 0.367 e. The van der Waals surface area contributed by atoms with E-state index in [0.717, 1.165) is 17.1 Å². The zero-order chi connectivity index (χ0) is 11.5. The molecule has 0 amide bonds. The zero-order valence-corrected chi connectivity index (χ0v) is 9.90. The highest BCUT2D eigenvalue weighted by atomic mass is 35.5. The summed E-state index contributed by atoms with van der Waals surface area (Å²) in [6.07, 6.45) is 3.34. The molecule has 5 heteroatoms. The van der Waals surface area contributed by atoms with Gasteiger partial charge in [-0.25, -0.2) is 0 Å². The van der Waals surface area contributed by atoms with E-state index < -0.39 is 0 Å². The minimum absolute atomic E-state index is 0.630. The van der Waals surface area contributed by atoms with Crippen molar-refractivity contribution in [3.8, 4) is 0 Å². The number of pyridine rings is 1. The molecule has 0 fully saturated rings. The molecule has 16 heavy (non-hydrogen) atoms. The van der Waals surface area contributed by atoms with Gasteiger partial charge in [-0.2, -0.15) is 0 Å². The van der Waals surface area contributed by atoms with Crippen LogP contribution >= 0.6 is 11.6 Å². The first kappa shape index (κ1) is 11.0. The van der Waals surface area contributed by atoms with Crippen LogP contribution in [0.1, 0.15) is 11.5 Å². The van der Waals surface area contributed by atoms with E-state index in [4.69, 9.17) is 16.1 Å². The minimum Gasteiger partial charge on any atom is -0.367 e. The summed E-state index contributed by atoms with van der Waals surface area (Å²) in [6.45, 7) is 2.52. The molecule has 0 aromatic carbocycles. The minimum atomic E-state index is 0.630. The molecule has 0 aliphatic rings. The summed E-state index contributed by atoms with van der Waals surface area (Å²) < 4.78 is 5.01. The molecule has 2 heterocycles. The molecule has 0 unspecified atom stereocenters. The monoisotopic (exact) mass is 237 g/mol. The van der Waals surface area contributed by atoms with Crippen molar-refractivity contribution >= 4 is 17.3 Å². The second kappa shape index (κ2) is 4.53. The van der Waals surface area contributed by atoms with Crippen LogP contribution in [-0.4, -0.2) is 17.2 Å². The highest BCUT2D eigenvalue weighted by Crippen LogP contribution is 2.24. The van der Waals surface area contributed by atoms with E-state index in [-0.39, 0.29) is 0 Å². The standard InChI is InChI=1S/C11H12ClN3O/c1-8-5-9(14-16-8)7-15(2)11-3-4-13-6-10(11)12/h3-6H,7H2,1-2H3. The second-order valence-corrected chi connectivity index (χ2v) is 4.02. The summed E-state index contributed by atoms with van der Waals surface area (Å²) in [6, 6.07) is 3.78. The Morgan fingerprint density at radius 2 is 2.31 bits per heavy atom. The van der Waals surface area contributed by atoms with E-state index in [2.05, 4.69) is 10.1 Å². The molecular formula is C11H12ClN3O. The average molecular weight is 238 g/mol. The molecule has 0 saturated heterocycles. The molecule has 0 aliphatic heterocycles. The van der Waals surface area contributed by atoms with Crippen molar-refractivity contribution in [1.82, 2.24) is 10.1 Å². The van der Waals surface area contributed by atoms with E-state index >= 15 is 0 Å². The molecule has 0 atom stereocenters. The normalized spacial score (nSPS) is 10.4. The number of aromatic nitrogens is 2. The summed E-state index contributed by atoms with van der Waals surface area (Å²) in [5.74, 6) is 0.809. The maximum absolute atomic E-state index is 6.04. The third-order valence-electron chi connectivity index (χ3n) is 2.24. The van der Waals surface area contributed by atoms with E-state index in [1.165, 1.54) is 0 Å². The summed E-state index contributed by atoms with van der Waals surface area (Å²) in [5, 5.41) is 4.57. The van der Waals surface area contributed by atoms with Crippen LogP contribution in [0.3, 0.4) is 0 Å². The van der Waals surface area contributed by atoms with Crippen LogP contribution in [0.15, 0.2) is 29.0 Å². The fourth-order valence-corrected chi connectivity index (χ4v) is 1.76. The van der Waals surface area contributed by atoms with E-state index in [1.54, 1.807) is 12.4 Å². The number of halogens is 1. The number of hydrogen-bond donors (Lipinski definition) is 0. The molecular weight excluding hydrogens is 226 g/mol. The van der Waals surface area contributed by atoms with Gasteiger partial charge in [0.2, 0.25) is 0 Å². The van der Waals surface area contributed by atoms with Gasteiger partial charge in [0, 0.05) is 25.5 Å². The lowest BCUT2D eigenvalue weighted by atomic mass is 10.3. The predicted molar refractivity (Wildman–Crippen MR) is 62.6 cm³/mol. The van der Waals surface area contributed by atoms with Gasteiger partial charge in [-0.15, -0.1) is 0 Å².